The van der Waals surface area contributed by atoms with Gasteiger partial charge in [0.05, 0.1) is 19.6 Å². The Hall–Kier alpha value is -1.36. The number of hydrogen-bond donors (Lipinski definition) is 1. The van der Waals surface area contributed by atoms with E-state index in [0.29, 0.717) is 19.1 Å². The Bertz CT molecular complexity index is 517. The van der Waals surface area contributed by atoms with Crippen molar-refractivity contribution in [2.45, 2.75) is 149 Å². The normalized spacial score (nSPS) is 13.1. The van der Waals surface area contributed by atoms with Crippen LogP contribution in [-0.2, 0) is 19.1 Å². The van der Waals surface area contributed by atoms with E-state index in [1.54, 1.807) is 0 Å². The molecule has 5 nitrogen and oxygen atoms in total. The number of esters is 2. The van der Waals surface area contributed by atoms with Crippen molar-refractivity contribution in [3.05, 3.63) is 12.2 Å². The van der Waals surface area contributed by atoms with Crippen LogP contribution in [0.1, 0.15) is 143 Å². The van der Waals surface area contributed by atoms with E-state index in [-0.39, 0.29) is 6.42 Å². The number of carbonyl (C=O) groups excluding carboxylic acids is 2. The molecule has 0 aliphatic carbocycles. The standard InChI is InChI=1S/C30H56O5/c1-4-7-9-10-11-12-13-14-15-16-17-18-19-20-21-22-24-34-30(33)28(31)25-29(32)35-26-27(6-3)23-8-5-2/h14-15,27-28,31H,4-13,16-26H2,1-3H3/b15-14+/t27-,28-/m1/s1. The lowest BCUT2D eigenvalue weighted by atomic mass is 10.0. The number of aliphatic hydroxyl groups is 1. The highest BCUT2D eigenvalue weighted by Gasteiger charge is 2.22. The number of hydrogen-bond acceptors (Lipinski definition) is 5. The Morgan fingerprint density at radius 3 is 1.83 bits per heavy atom. The Labute approximate surface area is 216 Å². The summed E-state index contributed by atoms with van der Waals surface area (Å²) < 4.78 is 10.4. The van der Waals surface area contributed by atoms with Crippen LogP contribution in [0.2, 0.25) is 0 Å². The van der Waals surface area contributed by atoms with Gasteiger partial charge in [-0.3, -0.25) is 4.79 Å². The quantitative estimate of drug-likeness (QED) is 0.0785. The van der Waals surface area contributed by atoms with Crippen LogP contribution in [-0.4, -0.2) is 36.4 Å². The van der Waals surface area contributed by atoms with Gasteiger partial charge in [-0.05, 0) is 44.4 Å². The molecule has 2 atom stereocenters. The molecule has 0 aromatic carbocycles. The molecule has 0 aliphatic heterocycles. The van der Waals surface area contributed by atoms with Crippen LogP contribution in [0.3, 0.4) is 0 Å². The third-order valence-electron chi connectivity index (χ3n) is 6.56. The summed E-state index contributed by atoms with van der Waals surface area (Å²) in [5.74, 6) is -0.927. The third-order valence-corrected chi connectivity index (χ3v) is 6.56. The Morgan fingerprint density at radius 2 is 1.26 bits per heavy atom. The van der Waals surface area contributed by atoms with E-state index in [9.17, 15) is 14.7 Å². The molecule has 0 aromatic heterocycles. The van der Waals surface area contributed by atoms with Crippen molar-refractivity contribution >= 4 is 11.9 Å². The molecule has 5 heteroatoms. The summed E-state index contributed by atoms with van der Waals surface area (Å²) in [5.41, 5.74) is 0. The monoisotopic (exact) mass is 496 g/mol. The summed E-state index contributed by atoms with van der Waals surface area (Å²) in [7, 11) is 0. The van der Waals surface area contributed by atoms with Crippen LogP contribution in [0.25, 0.3) is 0 Å². The van der Waals surface area contributed by atoms with Crippen molar-refractivity contribution in [1.29, 1.82) is 0 Å². The summed E-state index contributed by atoms with van der Waals surface area (Å²) in [5, 5.41) is 9.91. The van der Waals surface area contributed by atoms with E-state index in [0.717, 1.165) is 44.9 Å². The molecule has 0 saturated heterocycles. The lowest BCUT2D eigenvalue weighted by Crippen LogP contribution is -2.28. The van der Waals surface area contributed by atoms with Gasteiger partial charge in [0.15, 0.2) is 6.10 Å². The molecule has 0 bridgehead atoms. The van der Waals surface area contributed by atoms with E-state index >= 15 is 0 Å². The van der Waals surface area contributed by atoms with Crippen molar-refractivity contribution in [3.8, 4) is 0 Å². The zero-order valence-corrected chi connectivity index (χ0v) is 23.2. The molecular formula is C30H56O5. The number of allylic oxidation sites excluding steroid dienone is 2. The predicted octanol–water partition coefficient (Wildman–Crippen LogP) is 8.08. The highest BCUT2D eigenvalue weighted by atomic mass is 16.6. The molecule has 0 unspecified atom stereocenters. The van der Waals surface area contributed by atoms with E-state index in [1.165, 1.54) is 70.6 Å². The molecule has 0 spiro atoms. The van der Waals surface area contributed by atoms with Crippen LogP contribution in [0.4, 0.5) is 0 Å². The lowest BCUT2D eigenvalue weighted by molar-refractivity contribution is -0.160. The second kappa shape index (κ2) is 25.7. The van der Waals surface area contributed by atoms with E-state index < -0.39 is 18.0 Å². The van der Waals surface area contributed by atoms with Gasteiger partial charge in [-0.1, -0.05) is 110 Å². The van der Waals surface area contributed by atoms with Gasteiger partial charge >= 0.3 is 11.9 Å². The van der Waals surface area contributed by atoms with Crippen molar-refractivity contribution in [2.24, 2.45) is 5.92 Å². The number of rotatable bonds is 25. The fourth-order valence-corrected chi connectivity index (χ4v) is 4.03. The molecule has 0 aromatic rings. The van der Waals surface area contributed by atoms with Crippen molar-refractivity contribution in [2.75, 3.05) is 13.2 Å². The van der Waals surface area contributed by atoms with E-state index in [2.05, 4.69) is 32.9 Å². The Balaban J connectivity index is 3.57. The van der Waals surface area contributed by atoms with Crippen molar-refractivity contribution < 1.29 is 24.2 Å². The van der Waals surface area contributed by atoms with Crippen LogP contribution >= 0.6 is 0 Å². The van der Waals surface area contributed by atoms with Crippen LogP contribution < -0.4 is 0 Å². The predicted molar refractivity (Wildman–Crippen MR) is 145 cm³/mol. The molecule has 0 amide bonds. The first-order valence-electron chi connectivity index (χ1n) is 14.7. The van der Waals surface area contributed by atoms with Crippen LogP contribution in [0.5, 0.6) is 0 Å². The first-order chi connectivity index (χ1) is 17.0. The average molecular weight is 497 g/mol. The van der Waals surface area contributed by atoms with Gasteiger partial charge in [0.2, 0.25) is 0 Å². The van der Waals surface area contributed by atoms with Gasteiger partial charge in [0.1, 0.15) is 0 Å². The minimum Gasteiger partial charge on any atom is -0.465 e. The molecule has 0 aliphatic rings. The molecular weight excluding hydrogens is 440 g/mol. The van der Waals surface area contributed by atoms with Gasteiger partial charge in [-0.2, -0.15) is 0 Å². The highest BCUT2D eigenvalue weighted by Crippen LogP contribution is 2.14. The summed E-state index contributed by atoms with van der Waals surface area (Å²) in [6.07, 6.45) is 24.3. The molecule has 206 valence electrons. The van der Waals surface area contributed by atoms with Crippen molar-refractivity contribution in [3.63, 3.8) is 0 Å². The second-order valence-electron chi connectivity index (χ2n) is 9.92. The summed E-state index contributed by atoms with van der Waals surface area (Å²) >= 11 is 0. The summed E-state index contributed by atoms with van der Waals surface area (Å²) in [6, 6.07) is 0. The highest BCUT2D eigenvalue weighted by molar-refractivity contribution is 5.81. The largest absolute Gasteiger partial charge is 0.465 e. The molecule has 0 saturated carbocycles. The second-order valence-corrected chi connectivity index (χ2v) is 9.92. The maximum absolute atomic E-state index is 11.9. The Morgan fingerprint density at radius 1 is 0.714 bits per heavy atom. The van der Waals surface area contributed by atoms with Crippen LogP contribution in [0, 0.1) is 5.92 Å². The third kappa shape index (κ3) is 22.8. The zero-order valence-electron chi connectivity index (χ0n) is 23.2. The van der Waals surface area contributed by atoms with Gasteiger partial charge in [-0.15, -0.1) is 0 Å². The van der Waals surface area contributed by atoms with Gasteiger partial charge in [0, 0.05) is 0 Å². The molecule has 0 fully saturated rings. The number of ether oxygens (including phenoxy) is 2. The molecule has 1 N–H and O–H groups in total. The van der Waals surface area contributed by atoms with E-state index in [4.69, 9.17) is 9.47 Å². The molecule has 0 rings (SSSR count). The van der Waals surface area contributed by atoms with E-state index in [1.807, 2.05) is 0 Å². The zero-order chi connectivity index (χ0) is 26.0. The smallest absolute Gasteiger partial charge is 0.335 e. The van der Waals surface area contributed by atoms with Gasteiger partial charge in [-0.25, -0.2) is 4.79 Å². The fraction of sp³-hybridized carbons (Fsp3) is 0.867. The number of aliphatic hydroxyl groups excluding tert-OH is 1. The minimum absolute atomic E-state index is 0.293. The first kappa shape index (κ1) is 33.6. The maximum atomic E-state index is 11.9. The van der Waals surface area contributed by atoms with Crippen molar-refractivity contribution in [1.82, 2.24) is 0 Å². The minimum atomic E-state index is -1.44. The van der Waals surface area contributed by atoms with Crippen LogP contribution in [0.15, 0.2) is 12.2 Å². The summed E-state index contributed by atoms with van der Waals surface area (Å²) in [6.45, 7) is 7.12. The Kier molecular flexibility index (Phi) is 24.7. The molecule has 0 heterocycles. The van der Waals surface area contributed by atoms with Gasteiger partial charge < -0.3 is 14.6 Å². The average Bonchev–Trinajstić information content (AvgIpc) is 2.85. The fourth-order valence-electron chi connectivity index (χ4n) is 4.03. The number of unbranched alkanes of at least 4 members (excludes halogenated alkanes) is 13. The molecule has 35 heavy (non-hydrogen) atoms. The topological polar surface area (TPSA) is 72.8 Å². The maximum Gasteiger partial charge on any atom is 0.335 e. The SMILES string of the molecule is CCCCCCCC/C=C/CCCCCCCCOC(=O)[C@H](O)CC(=O)OC[C@H](CC)CCCC. The molecule has 0 radical (unpaired) electrons. The first-order valence-corrected chi connectivity index (χ1v) is 14.7. The number of carbonyl (C=O) groups is 2. The van der Waals surface area contributed by atoms with Gasteiger partial charge in [0.25, 0.3) is 0 Å². The lowest BCUT2D eigenvalue weighted by Gasteiger charge is -2.15. The summed E-state index contributed by atoms with van der Waals surface area (Å²) in [4.78, 5) is 23.8.